The lowest BCUT2D eigenvalue weighted by atomic mass is 9.89. The molecule has 0 aromatic rings. The van der Waals surface area contributed by atoms with E-state index in [1.165, 1.54) is 0 Å². The van der Waals surface area contributed by atoms with Gasteiger partial charge in [-0.25, -0.2) is 0 Å². The highest BCUT2D eigenvalue weighted by atomic mass is 16.3. The summed E-state index contributed by atoms with van der Waals surface area (Å²) in [5.74, 6) is 1.58. The maximum atomic E-state index is 10.3. The molecule has 1 N–H and O–H groups in total. The van der Waals surface area contributed by atoms with Crippen LogP contribution in [0.2, 0.25) is 0 Å². The van der Waals surface area contributed by atoms with Gasteiger partial charge in [-0.3, -0.25) is 0 Å². The molecule has 0 saturated carbocycles. The maximum absolute atomic E-state index is 10.3. The molecule has 0 aromatic carbocycles. The summed E-state index contributed by atoms with van der Waals surface area (Å²) >= 11 is 0. The van der Waals surface area contributed by atoms with Gasteiger partial charge in [-0.2, -0.15) is 0 Å². The molecule has 2 heteroatoms. The van der Waals surface area contributed by atoms with Gasteiger partial charge >= 0.3 is 0 Å². The zero-order chi connectivity index (χ0) is 12.7. The Bertz CT molecular complexity index is 281. The number of aliphatic hydroxyl groups excluding tert-OH is 1. The average Bonchev–Trinajstić information content (AvgIpc) is 2.29. The van der Waals surface area contributed by atoms with E-state index in [1.54, 1.807) is 0 Å². The maximum Gasteiger partial charge on any atom is 0.126 e. The van der Waals surface area contributed by atoms with Gasteiger partial charge in [-0.1, -0.05) is 38.2 Å². The molecule has 0 saturated heterocycles. The average molecular weight is 236 g/mol. The van der Waals surface area contributed by atoms with Crippen LogP contribution in [-0.4, -0.2) is 17.5 Å². The van der Waals surface area contributed by atoms with E-state index in [0.29, 0.717) is 11.8 Å². The molecule has 0 fully saturated rings. The Morgan fingerprint density at radius 3 is 2.00 bits per heavy atom. The topological polar surface area (TPSA) is 37.3 Å². The molecule has 0 spiro atoms. The number of carbonyl (C=O) groups is 1. The van der Waals surface area contributed by atoms with Crippen LogP contribution in [0.4, 0.5) is 0 Å². The predicted octanol–water partition coefficient (Wildman–Crippen LogP) is 3.12. The Morgan fingerprint density at radius 1 is 1.06 bits per heavy atom. The van der Waals surface area contributed by atoms with Gasteiger partial charge in [0, 0.05) is 5.92 Å². The zero-order valence-electron chi connectivity index (χ0n) is 10.9. The summed E-state index contributed by atoms with van der Waals surface area (Å²) in [6.07, 6.45) is 13.2. The highest BCUT2D eigenvalue weighted by Crippen LogP contribution is 2.20. The van der Waals surface area contributed by atoms with E-state index in [2.05, 4.69) is 26.0 Å². The van der Waals surface area contributed by atoms with Crippen molar-refractivity contribution in [2.45, 2.75) is 45.6 Å². The Hall–Kier alpha value is -0.890. The van der Waals surface area contributed by atoms with Crippen LogP contribution in [0.15, 0.2) is 24.3 Å². The number of aliphatic hydroxyl groups is 1. The molecule has 0 amide bonds. The van der Waals surface area contributed by atoms with E-state index < -0.39 is 0 Å². The standard InChI is InChI=1S/C8H12O.C7H12O/c1-7-3-2-4-8(5-7)6-9;1-6-3-2-4-7(8)5-6/h2,4,6-8H,3,5H2,1H3;2,4,6-8H,3,5H2,1H3. The van der Waals surface area contributed by atoms with E-state index in [9.17, 15) is 4.79 Å². The lowest BCUT2D eigenvalue weighted by molar-refractivity contribution is -0.110. The van der Waals surface area contributed by atoms with Crippen molar-refractivity contribution in [1.82, 2.24) is 0 Å². The van der Waals surface area contributed by atoms with Crippen LogP contribution in [0.3, 0.4) is 0 Å². The fourth-order valence-electron chi connectivity index (χ4n) is 2.28. The third kappa shape index (κ3) is 5.83. The third-order valence-electron chi connectivity index (χ3n) is 3.31. The summed E-state index contributed by atoms with van der Waals surface area (Å²) in [5.41, 5.74) is 0. The van der Waals surface area contributed by atoms with Crippen LogP contribution < -0.4 is 0 Å². The second kappa shape index (κ2) is 7.44. The molecular weight excluding hydrogens is 212 g/mol. The second-order valence-corrected chi connectivity index (χ2v) is 5.38. The Morgan fingerprint density at radius 2 is 1.65 bits per heavy atom. The van der Waals surface area contributed by atoms with Gasteiger partial charge in [0.25, 0.3) is 0 Å². The normalized spacial score (nSPS) is 35.9. The van der Waals surface area contributed by atoms with Gasteiger partial charge in [0.05, 0.1) is 6.10 Å². The molecule has 0 bridgehead atoms. The van der Waals surface area contributed by atoms with E-state index >= 15 is 0 Å². The number of allylic oxidation sites excluding steroid dienone is 3. The molecule has 2 aliphatic rings. The minimum atomic E-state index is -0.168. The smallest absolute Gasteiger partial charge is 0.126 e. The summed E-state index contributed by atoms with van der Waals surface area (Å²) in [4.78, 5) is 10.3. The fourth-order valence-corrected chi connectivity index (χ4v) is 2.28. The van der Waals surface area contributed by atoms with E-state index in [1.807, 2.05) is 12.2 Å². The fraction of sp³-hybridized carbons (Fsp3) is 0.667. The van der Waals surface area contributed by atoms with Crippen molar-refractivity contribution in [1.29, 1.82) is 0 Å². The molecule has 96 valence electrons. The highest BCUT2D eigenvalue weighted by Gasteiger charge is 2.12. The first-order chi connectivity index (χ1) is 8.11. The lowest BCUT2D eigenvalue weighted by Gasteiger charge is -2.16. The molecule has 2 nitrogen and oxygen atoms in total. The van der Waals surface area contributed by atoms with E-state index in [0.717, 1.165) is 32.0 Å². The largest absolute Gasteiger partial charge is 0.389 e. The van der Waals surface area contributed by atoms with Crippen molar-refractivity contribution < 1.29 is 9.90 Å². The Balaban J connectivity index is 0.000000171. The van der Waals surface area contributed by atoms with Crippen molar-refractivity contribution >= 4 is 6.29 Å². The van der Waals surface area contributed by atoms with Crippen molar-refractivity contribution in [3.63, 3.8) is 0 Å². The molecule has 2 rings (SSSR count). The van der Waals surface area contributed by atoms with Gasteiger partial charge in [0.2, 0.25) is 0 Å². The third-order valence-corrected chi connectivity index (χ3v) is 3.31. The second-order valence-electron chi connectivity index (χ2n) is 5.38. The van der Waals surface area contributed by atoms with Crippen molar-refractivity contribution in [3.05, 3.63) is 24.3 Å². The predicted molar refractivity (Wildman–Crippen MR) is 70.6 cm³/mol. The summed E-state index contributed by atoms with van der Waals surface area (Å²) < 4.78 is 0. The van der Waals surface area contributed by atoms with Gasteiger partial charge in [-0.05, 0) is 37.5 Å². The Kier molecular flexibility index (Phi) is 6.20. The number of hydrogen-bond acceptors (Lipinski definition) is 2. The van der Waals surface area contributed by atoms with Gasteiger partial charge in [-0.15, -0.1) is 0 Å². The molecule has 0 aliphatic heterocycles. The Labute approximate surface area is 104 Å². The van der Waals surface area contributed by atoms with Crippen LogP contribution in [0.1, 0.15) is 39.5 Å². The minimum absolute atomic E-state index is 0.168. The number of rotatable bonds is 1. The van der Waals surface area contributed by atoms with Crippen LogP contribution >= 0.6 is 0 Å². The monoisotopic (exact) mass is 236 g/mol. The minimum Gasteiger partial charge on any atom is -0.389 e. The summed E-state index contributed by atoms with van der Waals surface area (Å²) in [6.45, 7) is 4.34. The number of hydrogen-bond donors (Lipinski definition) is 1. The molecule has 17 heavy (non-hydrogen) atoms. The van der Waals surface area contributed by atoms with Crippen LogP contribution in [0, 0.1) is 17.8 Å². The van der Waals surface area contributed by atoms with Crippen LogP contribution in [0.5, 0.6) is 0 Å². The molecule has 4 unspecified atom stereocenters. The van der Waals surface area contributed by atoms with Crippen molar-refractivity contribution in [3.8, 4) is 0 Å². The van der Waals surface area contributed by atoms with Crippen LogP contribution in [-0.2, 0) is 4.79 Å². The van der Waals surface area contributed by atoms with Crippen molar-refractivity contribution in [2.75, 3.05) is 0 Å². The zero-order valence-corrected chi connectivity index (χ0v) is 10.9. The molecule has 0 aromatic heterocycles. The molecule has 0 heterocycles. The van der Waals surface area contributed by atoms with Crippen molar-refractivity contribution in [2.24, 2.45) is 17.8 Å². The molecule has 0 radical (unpaired) electrons. The molecule has 4 atom stereocenters. The molecule has 2 aliphatic carbocycles. The first kappa shape index (κ1) is 14.2. The number of carbonyl (C=O) groups excluding carboxylic acids is 1. The van der Waals surface area contributed by atoms with E-state index in [-0.39, 0.29) is 12.0 Å². The summed E-state index contributed by atoms with van der Waals surface area (Å²) in [7, 11) is 0. The van der Waals surface area contributed by atoms with Gasteiger partial charge in [0.15, 0.2) is 0 Å². The number of aldehydes is 1. The highest BCUT2D eigenvalue weighted by molar-refractivity contribution is 5.56. The lowest BCUT2D eigenvalue weighted by Crippen LogP contribution is -2.11. The summed E-state index contributed by atoms with van der Waals surface area (Å²) in [6, 6.07) is 0. The quantitative estimate of drug-likeness (QED) is 0.561. The van der Waals surface area contributed by atoms with Gasteiger partial charge in [0.1, 0.15) is 6.29 Å². The first-order valence-corrected chi connectivity index (χ1v) is 6.58. The first-order valence-electron chi connectivity index (χ1n) is 6.58. The van der Waals surface area contributed by atoms with Gasteiger partial charge < -0.3 is 9.90 Å². The van der Waals surface area contributed by atoms with Crippen LogP contribution in [0.25, 0.3) is 0 Å². The summed E-state index contributed by atoms with van der Waals surface area (Å²) in [5, 5.41) is 8.99. The van der Waals surface area contributed by atoms with E-state index in [4.69, 9.17) is 5.11 Å². The SMILES string of the molecule is CC1CC=CC(C=O)C1.CC1CC=CC(O)C1. The molecular formula is C15H24O2.